The van der Waals surface area contributed by atoms with Crippen molar-refractivity contribution in [2.24, 2.45) is 13.0 Å². The highest BCUT2D eigenvalue weighted by atomic mass is 35.5. The van der Waals surface area contributed by atoms with Gasteiger partial charge < -0.3 is 10.1 Å². The second kappa shape index (κ2) is 6.80. The van der Waals surface area contributed by atoms with Crippen LogP contribution in [0.1, 0.15) is 17.9 Å². The maximum atomic E-state index is 12.4. The molecule has 1 saturated carbocycles. The molecule has 0 radical (unpaired) electrons. The average Bonchev–Trinajstić information content (AvgIpc) is 3.33. The third kappa shape index (κ3) is 3.70. The lowest BCUT2D eigenvalue weighted by molar-refractivity contribution is -0.117. The van der Waals surface area contributed by atoms with Gasteiger partial charge in [-0.2, -0.15) is 5.10 Å². The molecule has 2 unspecified atom stereocenters. The number of hydrogen-bond donors (Lipinski definition) is 1. The number of hydrogen-bond acceptors (Lipinski definition) is 4. The molecule has 0 saturated heterocycles. The SMILES string of the molecule is Cn1cc(C2CC2C(=O)Nc2ccc(Oc3ccc(Cl)cc3)nc2)cn1. The highest BCUT2D eigenvalue weighted by Crippen LogP contribution is 2.47. The van der Waals surface area contributed by atoms with Crippen LogP contribution in [0.25, 0.3) is 0 Å². The lowest BCUT2D eigenvalue weighted by Crippen LogP contribution is -2.14. The van der Waals surface area contributed by atoms with E-state index in [-0.39, 0.29) is 17.7 Å². The van der Waals surface area contributed by atoms with Crippen molar-refractivity contribution in [1.29, 1.82) is 0 Å². The molecular weight excluding hydrogens is 352 g/mol. The third-order valence-corrected chi connectivity index (χ3v) is 4.57. The van der Waals surface area contributed by atoms with Gasteiger partial charge in [0.15, 0.2) is 0 Å². The molecule has 6 nitrogen and oxygen atoms in total. The monoisotopic (exact) mass is 368 g/mol. The highest BCUT2D eigenvalue weighted by molar-refractivity contribution is 6.30. The molecule has 1 aromatic carbocycles. The Balaban J connectivity index is 1.34. The van der Waals surface area contributed by atoms with E-state index in [2.05, 4.69) is 15.4 Å². The summed E-state index contributed by atoms with van der Waals surface area (Å²) in [4.78, 5) is 16.6. The lowest BCUT2D eigenvalue weighted by atomic mass is 10.2. The second-order valence-electron chi connectivity index (χ2n) is 6.33. The van der Waals surface area contributed by atoms with Crippen molar-refractivity contribution in [1.82, 2.24) is 14.8 Å². The van der Waals surface area contributed by atoms with Gasteiger partial charge in [0.05, 0.1) is 18.1 Å². The van der Waals surface area contributed by atoms with Crippen molar-refractivity contribution >= 4 is 23.2 Å². The first kappa shape index (κ1) is 16.6. The van der Waals surface area contributed by atoms with Gasteiger partial charge in [-0.1, -0.05) is 11.6 Å². The van der Waals surface area contributed by atoms with Crippen molar-refractivity contribution in [2.45, 2.75) is 12.3 Å². The van der Waals surface area contributed by atoms with E-state index in [1.54, 1.807) is 47.3 Å². The van der Waals surface area contributed by atoms with Crippen molar-refractivity contribution in [2.75, 3.05) is 5.32 Å². The lowest BCUT2D eigenvalue weighted by Gasteiger charge is -2.07. The standard InChI is InChI=1S/C19H17ClN4O2/c1-24-11-12(9-22-24)16-8-17(16)19(25)23-14-4-7-18(21-10-14)26-15-5-2-13(20)3-6-15/h2-7,9-11,16-17H,8H2,1H3,(H,23,25). The summed E-state index contributed by atoms with van der Waals surface area (Å²) in [5.41, 5.74) is 1.76. The molecule has 0 bridgehead atoms. The molecule has 2 aromatic heterocycles. The number of nitrogens with zero attached hydrogens (tertiary/aromatic N) is 3. The minimum absolute atomic E-state index is 0.00650. The largest absolute Gasteiger partial charge is 0.439 e. The Kier molecular flexibility index (Phi) is 4.34. The number of aromatic nitrogens is 3. The normalized spacial score (nSPS) is 18.4. The van der Waals surface area contributed by atoms with E-state index < -0.39 is 0 Å². The molecule has 1 N–H and O–H groups in total. The zero-order valence-corrected chi connectivity index (χ0v) is 14.8. The maximum absolute atomic E-state index is 12.4. The molecule has 2 heterocycles. The van der Waals surface area contributed by atoms with Gasteiger partial charge in [-0.05, 0) is 48.2 Å². The van der Waals surface area contributed by atoms with Crippen LogP contribution in [0.15, 0.2) is 55.0 Å². The first-order valence-corrected chi connectivity index (χ1v) is 8.65. The van der Waals surface area contributed by atoms with Crippen molar-refractivity contribution < 1.29 is 9.53 Å². The third-order valence-electron chi connectivity index (χ3n) is 4.32. The molecular formula is C19H17ClN4O2. The number of anilines is 1. The van der Waals surface area contributed by atoms with E-state index >= 15 is 0 Å². The number of nitrogens with one attached hydrogen (secondary N) is 1. The van der Waals surface area contributed by atoms with Crippen LogP contribution in [0.4, 0.5) is 5.69 Å². The summed E-state index contributed by atoms with van der Waals surface area (Å²) in [5, 5.41) is 7.71. The summed E-state index contributed by atoms with van der Waals surface area (Å²) in [6.45, 7) is 0. The molecule has 0 aliphatic heterocycles. The van der Waals surface area contributed by atoms with Crippen LogP contribution in [0.2, 0.25) is 5.02 Å². The van der Waals surface area contributed by atoms with Gasteiger partial charge in [-0.3, -0.25) is 9.48 Å². The van der Waals surface area contributed by atoms with Gasteiger partial charge in [-0.25, -0.2) is 4.98 Å². The van der Waals surface area contributed by atoms with Crippen LogP contribution in [0, 0.1) is 5.92 Å². The number of ether oxygens (including phenoxy) is 1. The summed E-state index contributed by atoms with van der Waals surface area (Å²) < 4.78 is 7.39. The number of aryl methyl sites for hydroxylation is 1. The number of carbonyl (C=O) groups excluding carboxylic acids is 1. The molecule has 132 valence electrons. The van der Waals surface area contributed by atoms with Gasteiger partial charge in [0.1, 0.15) is 5.75 Å². The average molecular weight is 369 g/mol. The summed E-state index contributed by atoms with van der Waals surface area (Å²) >= 11 is 5.85. The fourth-order valence-corrected chi connectivity index (χ4v) is 2.98. The summed E-state index contributed by atoms with van der Waals surface area (Å²) in [6, 6.07) is 10.5. The van der Waals surface area contributed by atoms with Crippen molar-refractivity contribution in [3.05, 3.63) is 65.6 Å². The molecule has 7 heteroatoms. The minimum Gasteiger partial charge on any atom is -0.439 e. The smallest absolute Gasteiger partial charge is 0.228 e. The number of amides is 1. The molecule has 3 aromatic rings. The number of pyridine rings is 1. The molecule has 26 heavy (non-hydrogen) atoms. The Morgan fingerprint density at radius 2 is 2.04 bits per heavy atom. The number of benzene rings is 1. The maximum Gasteiger partial charge on any atom is 0.228 e. The van der Waals surface area contributed by atoms with Crippen LogP contribution in [0.3, 0.4) is 0 Å². The van der Waals surface area contributed by atoms with E-state index in [1.165, 1.54) is 0 Å². The van der Waals surface area contributed by atoms with Crippen LogP contribution in [-0.4, -0.2) is 20.7 Å². The predicted octanol–water partition coefficient (Wildman–Crippen LogP) is 4.00. The number of carbonyl (C=O) groups is 1. The zero-order chi connectivity index (χ0) is 18.1. The second-order valence-corrected chi connectivity index (χ2v) is 6.76. The quantitative estimate of drug-likeness (QED) is 0.739. The molecule has 1 aliphatic carbocycles. The molecule has 1 amide bonds. The van der Waals surface area contributed by atoms with Crippen LogP contribution < -0.4 is 10.1 Å². The van der Waals surface area contributed by atoms with Crippen LogP contribution in [0.5, 0.6) is 11.6 Å². The summed E-state index contributed by atoms with van der Waals surface area (Å²) in [7, 11) is 1.88. The molecule has 1 aliphatic rings. The van der Waals surface area contributed by atoms with E-state index in [0.29, 0.717) is 22.3 Å². The molecule has 2 atom stereocenters. The molecule has 0 spiro atoms. The van der Waals surface area contributed by atoms with E-state index in [1.807, 2.05) is 19.4 Å². The first-order valence-electron chi connectivity index (χ1n) is 8.27. The predicted molar refractivity (Wildman–Crippen MR) is 98.4 cm³/mol. The van der Waals surface area contributed by atoms with Gasteiger partial charge in [-0.15, -0.1) is 0 Å². The van der Waals surface area contributed by atoms with Gasteiger partial charge >= 0.3 is 0 Å². The Bertz CT molecular complexity index is 921. The number of halogens is 1. The summed E-state index contributed by atoms with van der Waals surface area (Å²) in [5.74, 6) is 1.35. The molecule has 4 rings (SSSR count). The first-order chi connectivity index (χ1) is 12.6. The van der Waals surface area contributed by atoms with Gasteiger partial charge in [0, 0.05) is 30.3 Å². The Morgan fingerprint density at radius 3 is 2.69 bits per heavy atom. The topological polar surface area (TPSA) is 69.0 Å². The fourth-order valence-electron chi connectivity index (χ4n) is 2.86. The molecule has 1 fully saturated rings. The Hall–Kier alpha value is -2.86. The van der Waals surface area contributed by atoms with Crippen molar-refractivity contribution in [3.63, 3.8) is 0 Å². The van der Waals surface area contributed by atoms with E-state index in [9.17, 15) is 4.79 Å². The van der Waals surface area contributed by atoms with Crippen molar-refractivity contribution in [3.8, 4) is 11.6 Å². The van der Waals surface area contributed by atoms with E-state index in [4.69, 9.17) is 16.3 Å². The highest BCUT2D eigenvalue weighted by Gasteiger charge is 2.44. The minimum atomic E-state index is -0.0100. The summed E-state index contributed by atoms with van der Waals surface area (Å²) in [6.07, 6.45) is 6.22. The van der Waals surface area contributed by atoms with Crippen LogP contribution >= 0.6 is 11.6 Å². The Morgan fingerprint density at radius 1 is 1.23 bits per heavy atom. The fraction of sp³-hybridized carbons (Fsp3) is 0.211. The van der Waals surface area contributed by atoms with E-state index in [0.717, 1.165) is 12.0 Å². The van der Waals surface area contributed by atoms with Gasteiger partial charge in [0.2, 0.25) is 11.8 Å². The number of rotatable bonds is 5. The zero-order valence-electron chi connectivity index (χ0n) is 14.1. The van der Waals surface area contributed by atoms with Crippen LogP contribution in [-0.2, 0) is 11.8 Å². The Labute approximate surface area is 155 Å². The van der Waals surface area contributed by atoms with Gasteiger partial charge in [0.25, 0.3) is 0 Å².